The van der Waals surface area contributed by atoms with Crippen LogP contribution in [0.4, 0.5) is 5.69 Å². The van der Waals surface area contributed by atoms with Gasteiger partial charge in [-0.2, -0.15) is 8.42 Å². The molecule has 0 aliphatic rings. The van der Waals surface area contributed by atoms with Crippen LogP contribution in [-0.2, 0) is 14.3 Å². The maximum Gasteiger partial charge on any atom is 0.297 e. The molecule has 3 aromatic rings. The van der Waals surface area contributed by atoms with Crippen LogP contribution in [0.5, 0.6) is 5.75 Å². The van der Waals surface area contributed by atoms with E-state index in [-0.39, 0.29) is 23.8 Å². The summed E-state index contributed by atoms with van der Waals surface area (Å²) in [6.45, 7) is 5.08. The third kappa shape index (κ3) is 5.22. The molecule has 3 rings (SSSR count). The Hall–Kier alpha value is -3.37. The fourth-order valence-electron chi connectivity index (χ4n) is 3.00. The number of nitro benzene ring substituents is 1. The molecule has 9 nitrogen and oxygen atoms in total. The van der Waals surface area contributed by atoms with E-state index in [1.54, 1.807) is 26.0 Å². The Labute approximate surface area is 180 Å². The maximum atomic E-state index is 12.3. The Kier molecular flexibility index (Phi) is 6.62. The van der Waals surface area contributed by atoms with Crippen LogP contribution in [-0.4, -0.2) is 36.5 Å². The van der Waals surface area contributed by atoms with Gasteiger partial charge in [-0.25, -0.2) is 9.97 Å². The zero-order chi connectivity index (χ0) is 22.6. The second kappa shape index (κ2) is 9.19. The number of benzene rings is 2. The van der Waals surface area contributed by atoms with E-state index in [1.807, 2.05) is 6.92 Å². The number of nitro groups is 1. The lowest BCUT2D eigenvalue weighted by Crippen LogP contribution is -2.13. The van der Waals surface area contributed by atoms with Gasteiger partial charge in [0.1, 0.15) is 25.3 Å². The van der Waals surface area contributed by atoms with Gasteiger partial charge in [0.15, 0.2) is 0 Å². The fraction of sp³-hybridized carbons (Fsp3) is 0.238. The molecule has 0 unspecified atom stereocenters. The van der Waals surface area contributed by atoms with E-state index < -0.39 is 15.0 Å². The fourth-order valence-corrected chi connectivity index (χ4v) is 3.90. The number of aromatic nitrogens is 2. The van der Waals surface area contributed by atoms with Crippen molar-refractivity contribution in [3.63, 3.8) is 0 Å². The lowest BCUT2D eigenvalue weighted by Gasteiger charge is -2.14. The Bertz CT molecular complexity index is 1190. The summed E-state index contributed by atoms with van der Waals surface area (Å²) < 4.78 is 35.3. The van der Waals surface area contributed by atoms with Gasteiger partial charge in [-0.15, -0.1) is 0 Å². The molecule has 1 aromatic heterocycles. The SMILES string of the molecule is Cc1ccc(S(=O)(=O)OCCOc2ccc([N+](=O)[O-])cc2-c2c(C)ncnc2C)cc1. The monoisotopic (exact) mass is 443 g/mol. The summed E-state index contributed by atoms with van der Waals surface area (Å²) in [6, 6.07) is 10.5. The van der Waals surface area contributed by atoms with E-state index in [9.17, 15) is 18.5 Å². The molecule has 2 aromatic carbocycles. The van der Waals surface area contributed by atoms with Crippen molar-refractivity contribution in [3.8, 4) is 16.9 Å². The van der Waals surface area contributed by atoms with Gasteiger partial charge in [0.25, 0.3) is 15.8 Å². The molecule has 0 saturated carbocycles. The van der Waals surface area contributed by atoms with Crippen molar-refractivity contribution < 1.29 is 22.3 Å². The number of hydrogen-bond donors (Lipinski definition) is 0. The zero-order valence-corrected chi connectivity index (χ0v) is 18.0. The number of aryl methyl sites for hydroxylation is 3. The summed E-state index contributed by atoms with van der Waals surface area (Å²) in [7, 11) is -3.91. The van der Waals surface area contributed by atoms with Crippen LogP contribution in [0, 0.1) is 30.9 Å². The van der Waals surface area contributed by atoms with Gasteiger partial charge in [-0.05, 0) is 39.0 Å². The van der Waals surface area contributed by atoms with E-state index in [1.165, 1.54) is 36.7 Å². The molecular formula is C21H21N3O6S. The van der Waals surface area contributed by atoms with Crippen LogP contribution >= 0.6 is 0 Å². The minimum atomic E-state index is -3.91. The number of nitrogens with zero attached hydrogens (tertiary/aromatic N) is 3. The summed E-state index contributed by atoms with van der Waals surface area (Å²) in [5, 5.41) is 11.2. The van der Waals surface area contributed by atoms with Crippen LogP contribution in [0.1, 0.15) is 17.0 Å². The first kappa shape index (κ1) is 22.3. The molecule has 0 aliphatic carbocycles. The molecule has 10 heteroatoms. The first-order chi connectivity index (χ1) is 14.7. The molecule has 0 aliphatic heterocycles. The average Bonchev–Trinajstić information content (AvgIpc) is 2.72. The highest BCUT2D eigenvalue weighted by Gasteiger charge is 2.19. The lowest BCUT2D eigenvalue weighted by atomic mass is 10.0. The molecule has 0 saturated heterocycles. The van der Waals surface area contributed by atoms with Gasteiger partial charge in [0.2, 0.25) is 0 Å². The van der Waals surface area contributed by atoms with Crippen molar-refractivity contribution in [1.82, 2.24) is 9.97 Å². The Morgan fingerprint density at radius 3 is 2.23 bits per heavy atom. The summed E-state index contributed by atoms with van der Waals surface area (Å²) >= 11 is 0. The van der Waals surface area contributed by atoms with Gasteiger partial charge in [0.05, 0.1) is 9.82 Å². The second-order valence-electron chi connectivity index (χ2n) is 6.79. The second-order valence-corrected chi connectivity index (χ2v) is 8.41. The predicted molar refractivity (Wildman–Crippen MR) is 113 cm³/mol. The molecule has 0 N–H and O–H groups in total. The Balaban J connectivity index is 1.79. The first-order valence-corrected chi connectivity index (χ1v) is 10.8. The molecule has 162 valence electrons. The predicted octanol–water partition coefficient (Wildman–Crippen LogP) is 3.76. The third-order valence-corrected chi connectivity index (χ3v) is 5.89. The van der Waals surface area contributed by atoms with Crippen LogP contribution < -0.4 is 4.74 Å². The van der Waals surface area contributed by atoms with E-state index in [0.29, 0.717) is 28.3 Å². The van der Waals surface area contributed by atoms with Crippen molar-refractivity contribution in [2.45, 2.75) is 25.7 Å². The highest BCUT2D eigenvalue weighted by atomic mass is 32.2. The maximum absolute atomic E-state index is 12.3. The van der Waals surface area contributed by atoms with E-state index in [4.69, 9.17) is 8.92 Å². The van der Waals surface area contributed by atoms with E-state index >= 15 is 0 Å². The van der Waals surface area contributed by atoms with Crippen LogP contribution in [0.3, 0.4) is 0 Å². The molecule has 1 heterocycles. The summed E-state index contributed by atoms with van der Waals surface area (Å²) in [4.78, 5) is 19.1. The number of ether oxygens (including phenoxy) is 1. The van der Waals surface area contributed by atoms with E-state index in [2.05, 4.69) is 9.97 Å². The van der Waals surface area contributed by atoms with Gasteiger partial charge in [-0.3, -0.25) is 14.3 Å². The van der Waals surface area contributed by atoms with Crippen LogP contribution in [0.15, 0.2) is 53.7 Å². The molecule has 0 radical (unpaired) electrons. The van der Waals surface area contributed by atoms with Crippen LogP contribution in [0.25, 0.3) is 11.1 Å². The summed E-state index contributed by atoms with van der Waals surface area (Å²) in [5.74, 6) is 0.336. The molecule has 0 spiro atoms. The zero-order valence-electron chi connectivity index (χ0n) is 17.2. The quantitative estimate of drug-likeness (QED) is 0.223. The van der Waals surface area contributed by atoms with Crippen LogP contribution in [0.2, 0.25) is 0 Å². The summed E-state index contributed by atoms with van der Waals surface area (Å²) in [5.41, 5.74) is 3.17. The number of non-ortho nitro benzene ring substituents is 1. The number of rotatable bonds is 8. The highest BCUT2D eigenvalue weighted by Crippen LogP contribution is 2.36. The topological polar surface area (TPSA) is 122 Å². The normalized spacial score (nSPS) is 11.3. The molecule has 31 heavy (non-hydrogen) atoms. The van der Waals surface area contributed by atoms with Gasteiger partial charge < -0.3 is 4.74 Å². The van der Waals surface area contributed by atoms with Crippen molar-refractivity contribution in [3.05, 3.63) is 75.9 Å². The molecule has 0 atom stereocenters. The third-order valence-electron chi connectivity index (χ3n) is 4.56. The molecule has 0 amide bonds. The minimum absolute atomic E-state index is 0.0572. The van der Waals surface area contributed by atoms with Crippen molar-refractivity contribution in [2.24, 2.45) is 0 Å². The molecule has 0 fully saturated rings. The Morgan fingerprint density at radius 2 is 1.61 bits per heavy atom. The van der Waals surface area contributed by atoms with Gasteiger partial charge in [-0.1, -0.05) is 17.7 Å². The van der Waals surface area contributed by atoms with Crippen molar-refractivity contribution in [2.75, 3.05) is 13.2 Å². The van der Waals surface area contributed by atoms with Crippen molar-refractivity contribution in [1.29, 1.82) is 0 Å². The average molecular weight is 443 g/mol. The highest BCUT2D eigenvalue weighted by molar-refractivity contribution is 7.86. The van der Waals surface area contributed by atoms with Crippen molar-refractivity contribution >= 4 is 15.8 Å². The largest absolute Gasteiger partial charge is 0.490 e. The van der Waals surface area contributed by atoms with Gasteiger partial charge >= 0.3 is 0 Å². The number of hydrogen-bond acceptors (Lipinski definition) is 8. The standard InChI is InChI=1S/C21H21N3O6S/c1-14-4-7-18(8-5-14)31(27,28)30-11-10-29-20-9-6-17(24(25)26)12-19(20)21-15(2)22-13-23-16(21)3/h4-9,12-13H,10-11H2,1-3H3. The molecule has 0 bridgehead atoms. The lowest BCUT2D eigenvalue weighted by molar-refractivity contribution is -0.384. The van der Waals surface area contributed by atoms with Gasteiger partial charge in [0, 0.05) is 34.6 Å². The summed E-state index contributed by atoms with van der Waals surface area (Å²) in [6.07, 6.45) is 1.41. The smallest absolute Gasteiger partial charge is 0.297 e. The minimum Gasteiger partial charge on any atom is -0.490 e. The molecular weight excluding hydrogens is 422 g/mol. The first-order valence-electron chi connectivity index (χ1n) is 9.35. The van der Waals surface area contributed by atoms with E-state index in [0.717, 1.165) is 5.56 Å². The Morgan fingerprint density at radius 1 is 0.968 bits per heavy atom.